The monoisotopic (exact) mass is 242 g/mol. The summed E-state index contributed by atoms with van der Waals surface area (Å²) < 4.78 is 30.6. The molecule has 1 saturated carbocycles. The van der Waals surface area contributed by atoms with Gasteiger partial charge in [-0.25, -0.2) is 9.52 Å². The number of halogens is 1. The van der Waals surface area contributed by atoms with E-state index in [9.17, 15) is 13.2 Å². The number of hydrogen-bond donors (Lipinski definition) is 2. The van der Waals surface area contributed by atoms with Crippen LogP contribution in [-0.2, 0) is 14.9 Å². The van der Waals surface area contributed by atoms with Crippen LogP contribution in [0.5, 0.6) is 0 Å². The van der Waals surface area contributed by atoms with Gasteiger partial charge in [0.2, 0.25) is 0 Å². The number of rotatable bonds is 4. The lowest BCUT2D eigenvalue weighted by Gasteiger charge is -2.13. The lowest BCUT2D eigenvalue weighted by atomic mass is 10.4. The van der Waals surface area contributed by atoms with E-state index in [2.05, 4.69) is 9.46 Å². The molecule has 1 amide bonds. The van der Waals surface area contributed by atoms with Crippen molar-refractivity contribution in [1.82, 2.24) is 9.44 Å². The molecule has 82 valence electrons. The molecular formula is C6H11ClN2O4S. The van der Waals surface area contributed by atoms with Crippen LogP contribution in [0.4, 0.5) is 4.79 Å². The van der Waals surface area contributed by atoms with Gasteiger partial charge in [-0.05, 0) is 12.8 Å². The number of carbonyl (C=O) groups excluding carboxylic acids is 1. The zero-order valence-corrected chi connectivity index (χ0v) is 9.11. The Morgan fingerprint density at radius 2 is 2.14 bits per heavy atom. The summed E-state index contributed by atoms with van der Waals surface area (Å²) in [5, 5.41) is 0. The fourth-order valence-corrected chi connectivity index (χ4v) is 2.49. The van der Waals surface area contributed by atoms with Gasteiger partial charge in [0.05, 0.1) is 7.11 Å². The second-order valence-electron chi connectivity index (χ2n) is 3.11. The van der Waals surface area contributed by atoms with E-state index >= 15 is 0 Å². The molecule has 0 atom stereocenters. The summed E-state index contributed by atoms with van der Waals surface area (Å²) in [6.45, 7) is 0. The fourth-order valence-electron chi connectivity index (χ4n) is 0.876. The normalized spacial score (nSPS) is 18.7. The first-order valence-corrected chi connectivity index (χ1v) is 5.90. The van der Waals surface area contributed by atoms with E-state index in [0.29, 0.717) is 12.8 Å². The predicted molar refractivity (Wildman–Crippen MR) is 50.3 cm³/mol. The van der Waals surface area contributed by atoms with Crippen LogP contribution in [0.15, 0.2) is 0 Å². The van der Waals surface area contributed by atoms with E-state index in [1.165, 1.54) is 0 Å². The number of alkyl halides is 1. The van der Waals surface area contributed by atoms with Gasteiger partial charge in [0.1, 0.15) is 0 Å². The van der Waals surface area contributed by atoms with Crippen molar-refractivity contribution in [1.29, 1.82) is 0 Å². The molecule has 1 aliphatic rings. The zero-order valence-electron chi connectivity index (χ0n) is 7.54. The van der Waals surface area contributed by atoms with E-state index < -0.39 is 21.8 Å². The van der Waals surface area contributed by atoms with Crippen molar-refractivity contribution in [3.63, 3.8) is 0 Å². The molecule has 0 spiro atoms. The number of carbonyl (C=O) groups is 1. The fraction of sp³-hybridized carbons (Fsp3) is 0.833. The van der Waals surface area contributed by atoms with Gasteiger partial charge in [-0.1, -0.05) is 0 Å². The molecule has 0 aromatic heterocycles. The van der Waals surface area contributed by atoms with Crippen LogP contribution < -0.4 is 9.44 Å². The maximum atomic E-state index is 11.2. The number of methoxy groups -OCH3 is 1. The van der Waals surface area contributed by atoms with Crippen LogP contribution in [0, 0.1) is 0 Å². The minimum atomic E-state index is -3.86. The van der Waals surface area contributed by atoms with E-state index in [0.717, 1.165) is 7.11 Å². The predicted octanol–water partition coefficient (Wildman–Crippen LogP) is -0.0518. The first-order chi connectivity index (χ1) is 6.43. The van der Waals surface area contributed by atoms with E-state index in [1.807, 2.05) is 0 Å². The van der Waals surface area contributed by atoms with Gasteiger partial charge in [-0.2, -0.15) is 13.1 Å². The molecule has 1 rings (SSSR count). The van der Waals surface area contributed by atoms with Crippen molar-refractivity contribution in [3.05, 3.63) is 0 Å². The Bertz CT molecular complexity index is 325. The van der Waals surface area contributed by atoms with Gasteiger partial charge in [0.25, 0.3) is 0 Å². The van der Waals surface area contributed by atoms with Crippen molar-refractivity contribution in [2.75, 3.05) is 13.0 Å². The molecule has 2 N–H and O–H groups in total. The van der Waals surface area contributed by atoms with Crippen molar-refractivity contribution < 1.29 is 17.9 Å². The summed E-state index contributed by atoms with van der Waals surface area (Å²) in [5.41, 5.74) is -0.582. The maximum Gasteiger partial charge on any atom is 0.421 e. The summed E-state index contributed by atoms with van der Waals surface area (Å²) in [6, 6.07) is 0. The Balaban J connectivity index is 2.54. The molecule has 0 aliphatic heterocycles. The molecule has 1 aliphatic carbocycles. The Labute approximate surface area is 87.1 Å². The molecule has 0 aromatic rings. The second-order valence-corrected chi connectivity index (χ2v) is 4.80. The van der Waals surface area contributed by atoms with Crippen molar-refractivity contribution in [3.8, 4) is 0 Å². The molecule has 6 nitrogen and oxygen atoms in total. The van der Waals surface area contributed by atoms with Gasteiger partial charge in [0, 0.05) is 11.4 Å². The SMILES string of the molecule is COC(=O)NS(=O)(=O)NC1(CCl)CC1. The molecule has 0 radical (unpaired) electrons. The molecule has 0 saturated heterocycles. The minimum Gasteiger partial charge on any atom is -0.452 e. The Morgan fingerprint density at radius 1 is 1.57 bits per heavy atom. The van der Waals surface area contributed by atoms with Gasteiger partial charge in [-0.3, -0.25) is 0 Å². The Hall–Kier alpha value is -0.530. The highest BCUT2D eigenvalue weighted by Gasteiger charge is 2.45. The quantitative estimate of drug-likeness (QED) is 0.677. The van der Waals surface area contributed by atoms with Gasteiger partial charge in [0.15, 0.2) is 0 Å². The van der Waals surface area contributed by atoms with Crippen LogP contribution in [0.3, 0.4) is 0 Å². The smallest absolute Gasteiger partial charge is 0.421 e. The summed E-state index contributed by atoms with van der Waals surface area (Å²) in [5.74, 6) is 0.190. The third-order valence-electron chi connectivity index (χ3n) is 1.86. The molecule has 0 unspecified atom stereocenters. The average molecular weight is 243 g/mol. The van der Waals surface area contributed by atoms with E-state index in [4.69, 9.17) is 11.6 Å². The van der Waals surface area contributed by atoms with Crippen molar-refractivity contribution >= 4 is 27.9 Å². The Kier molecular flexibility index (Phi) is 3.23. The van der Waals surface area contributed by atoms with E-state index in [1.54, 1.807) is 4.72 Å². The third-order valence-corrected chi connectivity index (χ3v) is 3.51. The zero-order chi connectivity index (χ0) is 10.8. The topological polar surface area (TPSA) is 84.5 Å². The molecule has 0 aromatic carbocycles. The molecule has 14 heavy (non-hydrogen) atoms. The van der Waals surface area contributed by atoms with Crippen molar-refractivity contribution in [2.45, 2.75) is 18.4 Å². The highest BCUT2D eigenvalue weighted by atomic mass is 35.5. The minimum absolute atomic E-state index is 0.190. The average Bonchev–Trinajstić information content (AvgIpc) is 2.83. The Morgan fingerprint density at radius 3 is 2.50 bits per heavy atom. The standard InChI is InChI=1S/C6H11ClN2O4S/c1-13-5(10)8-14(11,12)9-6(4-7)2-3-6/h9H,2-4H2,1H3,(H,8,10). The van der Waals surface area contributed by atoms with Crippen LogP contribution >= 0.6 is 11.6 Å². The second kappa shape index (κ2) is 3.92. The lowest BCUT2D eigenvalue weighted by molar-refractivity contribution is 0.177. The summed E-state index contributed by atoms with van der Waals surface area (Å²) in [4.78, 5) is 10.6. The first-order valence-electron chi connectivity index (χ1n) is 3.89. The lowest BCUT2D eigenvalue weighted by Crippen LogP contribution is -2.47. The van der Waals surface area contributed by atoms with E-state index in [-0.39, 0.29) is 5.88 Å². The number of ether oxygens (including phenoxy) is 1. The largest absolute Gasteiger partial charge is 0.452 e. The van der Waals surface area contributed by atoms with Crippen LogP contribution in [0.2, 0.25) is 0 Å². The summed E-state index contributed by atoms with van der Waals surface area (Å²) >= 11 is 5.56. The number of hydrogen-bond acceptors (Lipinski definition) is 4. The van der Waals surface area contributed by atoms with Gasteiger partial charge >= 0.3 is 16.3 Å². The molecule has 0 bridgehead atoms. The summed E-state index contributed by atoms with van der Waals surface area (Å²) in [7, 11) is -2.78. The highest BCUT2D eigenvalue weighted by Crippen LogP contribution is 2.36. The van der Waals surface area contributed by atoms with Crippen LogP contribution in [0.1, 0.15) is 12.8 Å². The third kappa shape index (κ3) is 3.00. The maximum absolute atomic E-state index is 11.2. The van der Waals surface area contributed by atoms with Crippen molar-refractivity contribution in [2.24, 2.45) is 0 Å². The molecular weight excluding hydrogens is 232 g/mol. The molecule has 8 heteroatoms. The summed E-state index contributed by atoms with van der Waals surface area (Å²) in [6.07, 6.45) is 0.333. The highest BCUT2D eigenvalue weighted by molar-refractivity contribution is 7.88. The van der Waals surface area contributed by atoms with Gasteiger partial charge in [-0.15, -0.1) is 11.6 Å². The van der Waals surface area contributed by atoms with Gasteiger partial charge < -0.3 is 4.74 Å². The molecule has 1 fully saturated rings. The number of nitrogens with one attached hydrogen (secondary N) is 2. The molecule has 0 heterocycles. The van der Waals surface area contributed by atoms with Crippen LogP contribution in [0.25, 0.3) is 0 Å². The number of amides is 1. The first kappa shape index (κ1) is 11.5. The van der Waals surface area contributed by atoms with Crippen LogP contribution in [-0.4, -0.2) is 33.0 Å².